The van der Waals surface area contributed by atoms with Crippen molar-refractivity contribution < 1.29 is 38.6 Å². The zero-order chi connectivity index (χ0) is 33.1. The Labute approximate surface area is 270 Å². The van der Waals surface area contributed by atoms with Gasteiger partial charge in [-0.2, -0.15) is 0 Å². The molecule has 0 radical (unpaired) electrons. The van der Waals surface area contributed by atoms with Crippen molar-refractivity contribution in [2.24, 2.45) is 17.8 Å². The molecule has 0 aromatic heterocycles. The van der Waals surface area contributed by atoms with E-state index in [-0.39, 0.29) is 59.3 Å². The molecule has 0 bridgehead atoms. The molecular weight excluding hydrogens is 598 g/mol. The van der Waals surface area contributed by atoms with Crippen LogP contribution in [-0.2, 0) is 19.2 Å². The molecule has 1 aliphatic heterocycles. The Kier molecular flexibility index (Phi) is 7.27. The van der Waals surface area contributed by atoms with E-state index < -0.39 is 23.7 Å². The number of ketones is 3. The number of amides is 2. The highest BCUT2D eigenvalue weighted by atomic mass is 16.5. The van der Waals surface area contributed by atoms with E-state index in [0.29, 0.717) is 39.1 Å². The molecule has 236 valence electrons. The first kappa shape index (κ1) is 30.1. The van der Waals surface area contributed by atoms with Gasteiger partial charge in [-0.1, -0.05) is 42.0 Å². The number of phenols is 1. The first-order chi connectivity index (χ1) is 22.6. The molecule has 9 nitrogen and oxygen atoms in total. The summed E-state index contributed by atoms with van der Waals surface area (Å²) in [5, 5.41) is 10.6. The monoisotopic (exact) mass is 629 g/mol. The van der Waals surface area contributed by atoms with E-state index in [1.165, 1.54) is 25.2 Å². The van der Waals surface area contributed by atoms with Gasteiger partial charge in [-0.25, -0.2) is 0 Å². The van der Waals surface area contributed by atoms with Gasteiger partial charge in [-0.05, 0) is 73.7 Å². The van der Waals surface area contributed by atoms with Crippen molar-refractivity contribution in [3.63, 3.8) is 0 Å². The number of nitrogens with zero attached hydrogens (tertiary/aromatic N) is 1. The number of carbonyl (C=O) groups excluding carboxylic acids is 5. The van der Waals surface area contributed by atoms with Crippen LogP contribution in [0.15, 0.2) is 101 Å². The molecule has 4 aliphatic rings. The SMILES string of the molecule is COc1cc([C@H]2C3=CC[C@@H]4C(=O)N(c5ccc(C(=O)c6ccccc6)cc5)C(=O)[C@@H]4[C@@H]3CC3=C2C(=O)C(C)=CC3=O)cc(OC)c1O. The van der Waals surface area contributed by atoms with E-state index in [1.54, 1.807) is 67.6 Å². The van der Waals surface area contributed by atoms with Crippen LogP contribution >= 0.6 is 0 Å². The number of carbonyl (C=O) groups is 5. The summed E-state index contributed by atoms with van der Waals surface area (Å²) in [6, 6.07) is 18.5. The third-order valence-electron chi connectivity index (χ3n) is 9.82. The number of imide groups is 1. The van der Waals surface area contributed by atoms with Crippen LogP contribution < -0.4 is 14.4 Å². The van der Waals surface area contributed by atoms with E-state index in [4.69, 9.17) is 9.47 Å². The van der Waals surface area contributed by atoms with Crippen molar-refractivity contribution in [2.75, 3.05) is 19.1 Å². The van der Waals surface area contributed by atoms with Gasteiger partial charge in [-0.3, -0.25) is 28.9 Å². The number of rotatable bonds is 6. The van der Waals surface area contributed by atoms with E-state index in [2.05, 4.69) is 0 Å². The van der Waals surface area contributed by atoms with Gasteiger partial charge in [0, 0.05) is 33.8 Å². The molecule has 1 N–H and O–H groups in total. The Balaban J connectivity index is 1.28. The highest BCUT2D eigenvalue weighted by Gasteiger charge is 2.56. The second-order valence-corrected chi connectivity index (χ2v) is 12.3. The second-order valence-electron chi connectivity index (χ2n) is 12.3. The number of fused-ring (bicyclic) bond motifs is 3. The molecule has 2 amide bonds. The average Bonchev–Trinajstić information content (AvgIpc) is 3.35. The zero-order valence-electron chi connectivity index (χ0n) is 26.0. The van der Waals surface area contributed by atoms with Gasteiger partial charge in [0.2, 0.25) is 17.6 Å². The highest BCUT2D eigenvalue weighted by molar-refractivity contribution is 6.25. The lowest BCUT2D eigenvalue weighted by atomic mass is 9.59. The lowest BCUT2D eigenvalue weighted by Gasteiger charge is -2.42. The van der Waals surface area contributed by atoms with Gasteiger partial charge in [0.05, 0.1) is 31.7 Å². The van der Waals surface area contributed by atoms with Gasteiger partial charge < -0.3 is 14.6 Å². The summed E-state index contributed by atoms with van der Waals surface area (Å²) in [5.41, 5.74) is 3.62. The highest BCUT2D eigenvalue weighted by Crippen LogP contribution is 2.56. The number of methoxy groups -OCH3 is 2. The van der Waals surface area contributed by atoms with Crippen LogP contribution in [0.2, 0.25) is 0 Å². The molecule has 3 aliphatic carbocycles. The van der Waals surface area contributed by atoms with E-state index in [9.17, 15) is 29.1 Å². The van der Waals surface area contributed by atoms with Crippen molar-refractivity contribution in [3.8, 4) is 17.2 Å². The predicted octanol–water partition coefficient (Wildman–Crippen LogP) is 5.27. The van der Waals surface area contributed by atoms with Crippen LogP contribution in [-0.4, -0.2) is 48.5 Å². The number of anilines is 1. The van der Waals surface area contributed by atoms with Crippen LogP contribution in [0.25, 0.3) is 0 Å². The van der Waals surface area contributed by atoms with Crippen molar-refractivity contribution in [3.05, 3.63) is 118 Å². The molecule has 3 aromatic rings. The second kappa shape index (κ2) is 11.3. The van der Waals surface area contributed by atoms with Gasteiger partial charge in [0.15, 0.2) is 28.8 Å². The summed E-state index contributed by atoms with van der Waals surface area (Å²) in [5.74, 6) is -4.09. The maximum absolute atomic E-state index is 14.3. The van der Waals surface area contributed by atoms with Gasteiger partial charge in [0.1, 0.15) is 0 Å². The topological polar surface area (TPSA) is 127 Å². The number of ether oxygens (including phenoxy) is 2. The van der Waals surface area contributed by atoms with E-state index in [0.717, 1.165) is 5.57 Å². The molecule has 1 heterocycles. The summed E-state index contributed by atoms with van der Waals surface area (Å²) in [7, 11) is 2.81. The fourth-order valence-corrected chi connectivity index (χ4v) is 7.59. The average molecular weight is 630 g/mol. The maximum Gasteiger partial charge on any atom is 0.238 e. The van der Waals surface area contributed by atoms with Gasteiger partial charge in [-0.15, -0.1) is 0 Å². The minimum absolute atomic E-state index is 0.132. The standard InChI is InChI=1S/C38H31NO8/c1-19-15-28(40)27-18-26-24(31(33(27)34(19)41)22-16-29(46-2)36(43)30(17-22)47-3)13-14-25-32(26)38(45)39(37(25)44)23-11-9-21(10-12-23)35(42)20-7-5-4-6-8-20/h4-13,15-17,25-26,31-32,43H,14,18H2,1-3H3/t25-,26+,31-,32-/m0/s1. The van der Waals surface area contributed by atoms with E-state index >= 15 is 0 Å². The fourth-order valence-electron chi connectivity index (χ4n) is 7.59. The minimum atomic E-state index is -0.763. The first-order valence-corrected chi connectivity index (χ1v) is 15.4. The van der Waals surface area contributed by atoms with Gasteiger partial charge >= 0.3 is 0 Å². The minimum Gasteiger partial charge on any atom is -0.502 e. The predicted molar refractivity (Wildman–Crippen MR) is 171 cm³/mol. The number of hydrogen-bond donors (Lipinski definition) is 1. The lowest BCUT2D eigenvalue weighted by Crippen LogP contribution is -2.39. The Bertz CT molecular complexity index is 1960. The van der Waals surface area contributed by atoms with Crippen molar-refractivity contribution in [2.45, 2.75) is 25.7 Å². The number of aromatic hydroxyl groups is 1. The Morgan fingerprint density at radius 3 is 2.13 bits per heavy atom. The van der Waals surface area contributed by atoms with Crippen LogP contribution in [0.5, 0.6) is 17.2 Å². The first-order valence-electron chi connectivity index (χ1n) is 15.4. The van der Waals surface area contributed by atoms with Crippen LogP contribution in [0.1, 0.15) is 47.2 Å². The van der Waals surface area contributed by atoms with Crippen molar-refractivity contribution >= 4 is 34.9 Å². The third kappa shape index (κ3) is 4.64. The number of Topliss-reactive ketones (excluding diaryl/α,β-unsaturated/α-hetero) is 1. The summed E-state index contributed by atoms with van der Waals surface area (Å²) < 4.78 is 10.8. The van der Waals surface area contributed by atoms with E-state index in [1.807, 2.05) is 12.1 Å². The molecule has 1 saturated heterocycles. The van der Waals surface area contributed by atoms with Crippen LogP contribution in [0, 0.1) is 17.8 Å². The summed E-state index contributed by atoms with van der Waals surface area (Å²) in [6.45, 7) is 1.60. The Morgan fingerprint density at radius 1 is 0.851 bits per heavy atom. The normalized spacial score (nSPS) is 23.5. The molecule has 0 unspecified atom stereocenters. The summed E-state index contributed by atoms with van der Waals surface area (Å²) in [4.78, 5) is 69.4. The molecule has 9 heteroatoms. The number of allylic oxidation sites excluding steroid dienone is 6. The number of phenolic OH excluding ortho intramolecular Hbond substituents is 1. The number of hydrogen-bond acceptors (Lipinski definition) is 8. The zero-order valence-corrected chi connectivity index (χ0v) is 26.0. The van der Waals surface area contributed by atoms with Crippen LogP contribution in [0.4, 0.5) is 5.69 Å². The Hall–Kier alpha value is -5.57. The molecule has 3 aromatic carbocycles. The molecule has 7 rings (SSSR count). The summed E-state index contributed by atoms with van der Waals surface area (Å²) >= 11 is 0. The molecule has 0 spiro atoms. The fraction of sp³-hybridized carbons (Fsp3) is 0.237. The number of benzene rings is 3. The molecule has 1 fully saturated rings. The third-order valence-corrected chi connectivity index (χ3v) is 9.82. The lowest BCUT2D eigenvalue weighted by molar-refractivity contribution is -0.123. The van der Waals surface area contributed by atoms with Gasteiger partial charge in [0.25, 0.3) is 0 Å². The molecule has 47 heavy (non-hydrogen) atoms. The Morgan fingerprint density at radius 2 is 1.49 bits per heavy atom. The smallest absolute Gasteiger partial charge is 0.238 e. The maximum atomic E-state index is 14.3. The molecule has 4 atom stereocenters. The van der Waals surface area contributed by atoms with Crippen molar-refractivity contribution in [1.29, 1.82) is 0 Å². The largest absolute Gasteiger partial charge is 0.502 e. The van der Waals surface area contributed by atoms with Crippen LogP contribution in [0.3, 0.4) is 0 Å². The molecule has 0 saturated carbocycles. The quantitative estimate of drug-likeness (QED) is 0.169. The van der Waals surface area contributed by atoms with Crippen molar-refractivity contribution in [1.82, 2.24) is 0 Å². The summed E-state index contributed by atoms with van der Waals surface area (Å²) in [6.07, 6.45) is 3.66. The molecular formula is C38H31NO8.